The van der Waals surface area contributed by atoms with Crippen LogP contribution >= 0.6 is 0 Å². The molecular weight excluding hydrogens is 309 g/mol. The summed E-state index contributed by atoms with van der Waals surface area (Å²) in [6.45, 7) is 3.00. The Morgan fingerprint density at radius 2 is 2.04 bits per heavy atom. The number of aliphatic hydroxyl groups excluding tert-OH is 1. The van der Waals surface area contributed by atoms with Crippen LogP contribution in [-0.2, 0) is 11.2 Å². The average molecular weight is 331 g/mol. The van der Waals surface area contributed by atoms with Crippen molar-refractivity contribution in [2.45, 2.75) is 25.9 Å². The zero-order chi connectivity index (χ0) is 17.4. The standard InChI is InChI=1S/C19H22FNO3/c1-2-24-17-8-3-5-14(11-17)9-10-21-19(23)13-18(22)15-6-4-7-16(20)12-15/h3-8,11-12,18,22H,2,9-10,13H2,1H3,(H,21,23). The summed E-state index contributed by atoms with van der Waals surface area (Å²) >= 11 is 0. The summed E-state index contributed by atoms with van der Waals surface area (Å²) in [5.41, 5.74) is 1.46. The molecule has 2 N–H and O–H groups in total. The van der Waals surface area contributed by atoms with Gasteiger partial charge in [0.1, 0.15) is 11.6 Å². The molecule has 0 fully saturated rings. The summed E-state index contributed by atoms with van der Waals surface area (Å²) in [7, 11) is 0. The molecule has 0 aliphatic rings. The second-order valence-electron chi connectivity index (χ2n) is 5.46. The van der Waals surface area contributed by atoms with Crippen LogP contribution in [0.25, 0.3) is 0 Å². The fraction of sp³-hybridized carbons (Fsp3) is 0.316. The van der Waals surface area contributed by atoms with Gasteiger partial charge in [-0.2, -0.15) is 0 Å². The van der Waals surface area contributed by atoms with E-state index in [0.717, 1.165) is 11.3 Å². The quantitative estimate of drug-likeness (QED) is 0.782. The van der Waals surface area contributed by atoms with Crippen molar-refractivity contribution in [1.29, 1.82) is 0 Å². The lowest BCUT2D eigenvalue weighted by atomic mass is 10.1. The number of carbonyl (C=O) groups is 1. The van der Waals surface area contributed by atoms with Crippen LogP contribution in [0, 0.1) is 5.82 Å². The Hall–Kier alpha value is -2.40. The molecule has 0 heterocycles. The highest BCUT2D eigenvalue weighted by molar-refractivity contribution is 5.76. The first-order valence-corrected chi connectivity index (χ1v) is 8.00. The highest BCUT2D eigenvalue weighted by atomic mass is 19.1. The SMILES string of the molecule is CCOc1cccc(CCNC(=O)CC(O)c2cccc(F)c2)c1. The van der Waals surface area contributed by atoms with E-state index >= 15 is 0 Å². The molecule has 1 atom stereocenters. The van der Waals surface area contributed by atoms with E-state index in [9.17, 15) is 14.3 Å². The first-order chi connectivity index (χ1) is 11.6. The van der Waals surface area contributed by atoms with Gasteiger partial charge in [0, 0.05) is 6.54 Å². The maximum atomic E-state index is 13.1. The second-order valence-corrected chi connectivity index (χ2v) is 5.46. The predicted octanol–water partition coefficient (Wildman–Crippen LogP) is 3.01. The highest BCUT2D eigenvalue weighted by Crippen LogP contribution is 2.17. The lowest BCUT2D eigenvalue weighted by molar-refractivity contribution is -0.123. The fourth-order valence-electron chi connectivity index (χ4n) is 2.38. The van der Waals surface area contributed by atoms with Gasteiger partial charge in [0.2, 0.25) is 5.91 Å². The molecule has 128 valence electrons. The number of benzene rings is 2. The summed E-state index contributed by atoms with van der Waals surface area (Å²) < 4.78 is 18.6. The van der Waals surface area contributed by atoms with Crippen molar-refractivity contribution in [3.63, 3.8) is 0 Å². The van der Waals surface area contributed by atoms with Crippen molar-refractivity contribution < 1.29 is 19.0 Å². The van der Waals surface area contributed by atoms with E-state index in [-0.39, 0.29) is 12.3 Å². The minimum atomic E-state index is -1.01. The van der Waals surface area contributed by atoms with E-state index in [1.54, 1.807) is 6.07 Å². The summed E-state index contributed by atoms with van der Waals surface area (Å²) in [6, 6.07) is 13.4. The lowest BCUT2D eigenvalue weighted by Gasteiger charge is -2.12. The number of aliphatic hydroxyl groups is 1. The Morgan fingerprint density at radius 1 is 1.25 bits per heavy atom. The van der Waals surface area contributed by atoms with Gasteiger partial charge in [0.05, 0.1) is 19.1 Å². The van der Waals surface area contributed by atoms with Crippen molar-refractivity contribution in [2.75, 3.05) is 13.2 Å². The Kier molecular flexibility index (Phi) is 6.75. The summed E-state index contributed by atoms with van der Waals surface area (Å²) in [5, 5.41) is 12.7. The molecule has 0 aliphatic heterocycles. The molecule has 24 heavy (non-hydrogen) atoms. The van der Waals surface area contributed by atoms with Crippen LogP contribution in [0.3, 0.4) is 0 Å². The first kappa shape index (κ1) is 17.9. The van der Waals surface area contributed by atoms with Gasteiger partial charge in [-0.3, -0.25) is 4.79 Å². The maximum absolute atomic E-state index is 13.1. The van der Waals surface area contributed by atoms with Gasteiger partial charge in [-0.1, -0.05) is 24.3 Å². The maximum Gasteiger partial charge on any atom is 0.222 e. The molecule has 0 aliphatic carbocycles. The molecule has 0 spiro atoms. The molecule has 1 unspecified atom stereocenters. The molecule has 0 saturated heterocycles. The third kappa shape index (κ3) is 5.66. The summed E-state index contributed by atoms with van der Waals surface area (Å²) in [6.07, 6.45) is -0.437. The van der Waals surface area contributed by atoms with Gasteiger partial charge in [-0.05, 0) is 48.7 Å². The van der Waals surface area contributed by atoms with Gasteiger partial charge in [0.15, 0.2) is 0 Å². The van der Waals surface area contributed by atoms with Crippen molar-refractivity contribution >= 4 is 5.91 Å². The van der Waals surface area contributed by atoms with Crippen LogP contribution in [-0.4, -0.2) is 24.2 Å². The Labute approximate surface area is 141 Å². The van der Waals surface area contributed by atoms with Crippen molar-refractivity contribution in [3.8, 4) is 5.75 Å². The third-order valence-electron chi connectivity index (χ3n) is 3.56. The molecule has 4 nitrogen and oxygen atoms in total. The molecule has 2 aromatic carbocycles. The average Bonchev–Trinajstić information content (AvgIpc) is 2.55. The van der Waals surface area contributed by atoms with Gasteiger partial charge >= 0.3 is 0 Å². The Morgan fingerprint density at radius 3 is 2.79 bits per heavy atom. The molecule has 0 radical (unpaired) electrons. The monoisotopic (exact) mass is 331 g/mol. The molecule has 0 aromatic heterocycles. The molecule has 2 aromatic rings. The number of amides is 1. The van der Waals surface area contributed by atoms with Crippen LogP contribution in [0.4, 0.5) is 4.39 Å². The summed E-state index contributed by atoms with van der Waals surface area (Å²) in [5.74, 6) is 0.108. The van der Waals surface area contributed by atoms with Crippen LogP contribution in [0.2, 0.25) is 0 Å². The summed E-state index contributed by atoms with van der Waals surface area (Å²) in [4.78, 5) is 11.9. The third-order valence-corrected chi connectivity index (χ3v) is 3.56. The molecule has 0 bridgehead atoms. The van der Waals surface area contributed by atoms with E-state index in [4.69, 9.17) is 4.74 Å². The number of rotatable bonds is 8. The normalized spacial score (nSPS) is 11.8. The first-order valence-electron chi connectivity index (χ1n) is 8.00. The Bertz CT molecular complexity index is 675. The Balaban J connectivity index is 1.78. The minimum absolute atomic E-state index is 0.0948. The van der Waals surface area contributed by atoms with Crippen LogP contribution in [0.5, 0.6) is 5.75 Å². The van der Waals surface area contributed by atoms with Crippen LogP contribution in [0.1, 0.15) is 30.6 Å². The minimum Gasteiger partial charge on any atom is -0.494 e. The highest BCUT2D eigenvalue weighted by Gasteiger charge is 2.13. The zero-order valence-electron chi connectivity index (χ0n) is 13.7. The number of hydrogen-bond acceptors (Lipinski definition) is 3. The van der Waals surface area contributed by atoms with E-state index in [2.05, 4.69) is 5.32 Å². The lowest BCUT2D eigenvalue weighted by Crippen LogP contribution is -2.27. The van der Waals surface area contributed by atoms with Gasteiger partial charge < -0.3 is 15.2 Å². The van der Waals surface area contributed by atoms with Gasteiger partial charge in [0.25, 0.3) is 0 Å². The van der Waals surface area contributed by atoms with Gasteiger partial charge in [-0.15, -0.1) is 0 Å². The van der Waals surface area contributed by atoms with Gasteiger partial charge in [-0.25, -0.2) is 4.39 Å². The predicted molar refractivity (Wildman–Crippen MR) is 90.3 cm³/mol. The second kappa shape index (κ2) is 9.03. The molecule has 1 amide bonds. The number of carbonyl (C=O) groups excluding carboxylic acids is 1. The van der Waals surface area contributed by atoms with Crippen molar-refractivity contribution in [2.24, 2.45) is 0 Å². The van der Waals surface area contributed by atoms with Crippen LogP contribution in [0.15, 0.2) is 48.5 Å². The fourth-order valence-corrected chi connectivity index (χ4v) is 2.38. The van der Waals surface area contributed by atoms with Crippen molar-refractivity contribution in [1.82, 2.24) is 5.32 Å². The molecular formula is C19H22FNO3. The number of hydrogen-bond donors (Lipinski definition) is 2. The topological polar surface area (TPSA) is 58.6 Å². The van der Waals surface area contributed by atoms with Crippen molar-refractivity contribution in [3.05, 3.63) is 65.5 Å². The zero-order valence-corrected chi connectivity index (χ0v) is 13.7. The molecule has 5 heteroatoms. The van der Waals surface area contributed by atoms with E-state index < -0.39 is 11.9 Å². The molecule has 0 saturated carbocycles. The van der Waals surface area contributed by atoms with Crippen LogP contribution < -0.4 is 10.1 Å². The number of nitrogens with one attached hydrogen (secondary N) is 1. The smallest absolute Gasteiger partial charge is 0.222 e. The number of halogens is 1. The van der Waals surface area contributed by atoms with E-state index in [1.165, 1.54) is 18.2 Å². The van der Waals surface area contributed by atoms with E-state index in [1.807, 2.05) is 31.2 Å². The molecule has 2 rings (SSSR count). The number of ether oxygens (including phenoxy) is 1. The largest absolute Gasteiger partial charge is 0.494 e. The van der Waals surface area contributed by atoms with E-state index in [0.29, 0.717) is 25.1 Å².